The van der Waals surface area contributed by atoms with E-state index in [0.717, 1.165) is 5.56 Å². The van der Waals surface area contributed by atoms with E-state index >= 15 is 0 Å². The minimum atomic E-state index is -3.39. The van der Waals surface area contributed by atoms with Crippen molar-refractivity contribution in [2.45, 2.75) is 30.8 Å². The highest BCUT2D eigenvalue weighted by atomic mass is 32.2. The van der Waals surface area contributed by atoms with Gasteiger partial charge in [0, 0.05) is 26.7 Å². The highest BCUT2D eigenvalue weighted by molar-refractivity contribution is 7.91. The first-order chi connectivity index (χ1) is 12.9. The van der Waals surface area contributed by atoms with Crippen molar-refractivity contribution < 1.29 is 12.8 Å². The predicted octanol–water partition coefficient (Wildman–Crippen LogP) is 3.09. The van der Waals surface area contributed by atoms with Crippen LogP contribution in [0.15, 0.2) is 64.5 Å². The molecule has 1 N–H and O–H groups in total. The molecule has 0 heterocycles. The molecule has 1 unspecified atom stereocenters. The van der Waals surface area contributed by atoms with Crippen molar-refractivity contribution in [3.05, 3.63) is 66.0 Å². The Morgan fingerprint density at radius 1 is 1.15 bits per heavy atom. The molecule has 2 aromatic rings. The fraction of sp³-hybridized carbons (Fsp3) is 0.350. The van der Waals surface area contributed by atoms with Crippen molar-refractivity contribution in [2.75, 3.05) is 19.8 Å². The molecule has 0 aliphatic heterocycles. The van der Waals surface area contributed by atoms with Crippen molar-refractivity contribution in [1.82, 2.24) is 10.2 Å². The molecule has 1 atom stereocenters. The van der Waals surface area contributed by atoms with E-state index in [-0.39, 0.29) is 17.6 Å². The molecule has 5 nitrogen and oxygen atoms in total. The van der Waals surface area contributed by atoms with E-state index in [0.29, 0.717) is 23.8 Å². The Labute approximate surface area is 160 Å². The van der Waals surface area contributed by atoms with Gasteiger partial charge in [0.2, 0.25) is 0 Å². The number of nitrogens with one attached hydrogen (secondary N) is 1. The van der Waals surface area contributed by atoms with Gasteiger partial charge in [-0.05, 0) is 36.2 Å². The van der Waals surface area contributed by atoms with E-state index in [1.807, 2.05) is 18.9 Å². The van der Waals surface area contributed by atoms with Crippen molar-refractivity contribution >= 4 is 15.8 Å². The van der Waals surface area contributed by atoms with Gasteiger partial charge in [-0.1, -0.05) is 37.3 Å². The van der Waals surface area contributed by atoms with E-state index in [9.17, 15) is 12.8 Å². The SMILES string of the molecule is CCC(CS(=O)(=O)c1ccccc1)NC(=NC)N(C)Cc1ccc(F)cc1. The lowest BCUT2D eigenvalue weighted by Gasteiger charge is -2.26. The van der Waals surface area contributed by atoms with Gasteiger partial charge in [-0.15, -0.1) is 0 Å². The van der Waals surface area contributed by atoms with Crippen molar-refractivity contribution in [2.24, 2.45) is 4.99 Å². The summed E-state index contributed by atoms with van der Waals surface area (Å²) >= 11 is 0. The Morgan fingerprint density at radius 2 is 1.78 bits per heavy atom. The van der Waals surface area contributed by atoms with Crippen LogP contribution in [0.1, 0.15) is 18.9 Å². The van der Waals surface area contributed by atoms with E-state index in [4.69, 9.17) is 0 Å². The molecule has 27 heavy (non-hydrogen) atoms. The number of nitrogens with zero attached hydrogens (tertiary/aromatic N) is 2. The molecule has 0 radical (unpaired) electrons. The van der Waals surface area contributed by atoms with Crippen LogP contribution in [-0.2, 0) is 16.4 Å². The number of guanidine groups is 1. The predicted molar refractivity (Wildman–Crippen MR) is 107 cm³/mol. The summed E-state index contributed by atoms with van der Waals surface area (Å²) in [4.78, 5) is 6.45. The first kappa shape index (κ1) is 20.9. The maximum absolute atomic E-state index is 13.1. The number of rotatable bonds is 7. The lowest BCUT2D eigenvalue weighted by molar-refractivity contribution is 0.460. The topological polar surface area (TPSA) is 61.8 Å². The van der Waals surface area contributed by atoms with Gasteiger partial charge in [0.25, 0.3) is 0 Å². The molecule has 7 heteroatoms. The molecule has 146 valence electrons. The smallest absolute Gasteiger partial charge is 0.193 e. The lowest BCUT2D eigenvalue weighted by Crippen LogP contribution is -2.46. The fourth-order valence-corrected chi connectivity index (χ4v) is 4.33. The normalized spacial score (nSPS) is 13.3. The summed E-state index contributed by atoms with van der Waals surface area (Å²) in [6.07, 6.45) is 0.634. The Hall–Kier alpha value is -2.41. The number of hydrogen-bond acceptors (Lipinski definition) is 3. The second-order valence-electron chi connectivity index (χ2n) is 6.37. The molecule has 0 saturated heterocycles. The zero-order chi connectivity index (χ0) is 19.9. The Balaban J connectivity index is 2.05. The van der Waals surface area contributed by atoms with Crippen LogP contribution in [0.2, 0.25) is 0 Å². The summed E-state index contributed by atoms with van der Waals surface area (Å²) in [6, 6.07) is 14.4. The van der Waals surface area contributed by atoms with Gasteiger partial charge >= 0.3 is 0 Å². The molecule has 0 aliphatic rings. The Kier molecular flexibility index (Phi) is 7.36. The summed E-state index contributed by atoms with van der Waals surface area (Å²) in [7, 11) is 0.120. The first-order valence-corrected chi connectivity index (χ1v) is 10.5. The molecule has 0 aliphatic carbocycles. The average Bonchev–Trinajstić information content (AvgIpc) is 2.67. The molecule has 0 amide bonds. The van der Waals surface area contributed by atoms with Crippen LogP contribution >= 0.6 is 0 Å². The van der Waals surface area contributed by atoms with Crippen LogP contribution < -0.4 is 5.32 Å². The van der Waals surface area contributed by atoms with Crippen LogP contribution in [0.3, 0.4) is 0 Å². The number of halogens is 1. The van der Waals surface area contributed by atoms with Crippen LogP contribution in [0, 0.1) is 5.82 Å². The maximum Gasteiger partial charge on any atom is 0.193 e. The third-order valence-corrected chi connectivity index (χ3v) is 6.09. The second kappa shape index (κ2) is 9.50. The molecule has 0 saturated carbocycles. The van der Waals surface area contributed by atoms with Crippen LogP contribution in [0.5, 0.6) is 0 Å². The van der Waals surface area contributed by atoms with E-state index < -0.39 is 9.84 Å². The molecule has 2 aromatic carbocycles. The molecule has 0 bridgehead atoms. The van der Waals surface area contributed by atoms with E-state index in [1.54, 1.807) is 49.5 Å². The van der Waals surface area contributed by atoms with Gasteiger partial charge in [-0.2, -0.15) is 0 Å². The minimum absolute atomic E-state index is 0.0169. The van der Waals surface area contributed by atoms with Crippen molar-refractivity contribution in [1.29, 1.82) is 0 Å². The lowest BCUT2D eigenvalue weighted by atomic mass is 10.2. The third kappa shape index (κ3) is 6.06. The highest BCUT2D eigenvalue weighted by Gasteiger charge is 2.21. The molecule has 2 rings (SSSR count). The highest BCUT2D eigenvalue weighted by Crippen LogP contribution is 2.13. The van der Waals surface area contributed by atoms with Gasteiger partial charge in [0.1, 0.15) is 5.82 Å². The van der Waals surface area contributed by atoms with Gasteiger partial charge in [-0.3, -0.25) is 4.99 Å². The molecule has 0 aromatic heterocycles. The van der Waals surface area contributed by atoms with Gasteiger partial charge in [-0.25, -0.2) is 12.8 Å². The summed E-state index contributed by atoms with van der Waals surface area (Å²) in [5.74, 6) is 0.298. The first-order valence-electron chi connectivity index (χ1n) is 8.82. The molecule has 0 spiro atoms. The molecular formula is C20H26FN3O2S. The average molecular weight is 392 g/mol. The maximum atomic E-state index is 13.1. The zero-order valence-corrected chi connectivity index (χ0v) is 16.7. The van der Waals surface area contributed by atoms with E-state index in [1.165, 1.54) is 12.1 Å². The standard InChI is InChI=1S/C20H26FN3O2S/c1-4-18(15-27(25,26)19-8-6-5-7-9-19)23-20(22-2)24(3)14-16-10-12-17(21)13-11-16/h5-13,18H,4,14-15H2,1-3H3,(H,22,23). The molecule has 0 fully saturated rings. The minimum Gasteiger partial charge on any atom is -0.352 e. The zero-order valence-electron chi connectivity index (χ0n) is 15.9. The monoisotopic (exact) mass is 391 g/mol. The van der Waals surface area contributed by atoms with Gasteiger partial charge in [0.05, 0.1) is 10.6 Å². The Morgan fingerprint density at radius 3 is 2.33 bits per heavy atom. The largest absolute Gasteiger partial charge is 0.352 e. The van der Waals surface area contributed by atoms with Crippen LogP contribution in [-0.4, -0.2) is 45.2 Å². The number of aliphatic imine (C=N–C) groups is 1. The van der Waals surface area contributed by atoms with Gasteiger partial charge in [0.15, 0.2) is 15.8 Å². The number of benzene rings is 2. The van der Waals surface area contributed by atoms with Crippen molar-refractivity contribution in [3.8, 4) is 0 Å². The molecular weight excluding hydrogens is 365 g/mol. The fourth-order valence-electron chi connectivity index (χ4n) is 2.72. The van der Waals surface area contributed by atoms with Crippen LogP contribution in [0.25, 0.3) is 0 Å². The second-order valence-corrected chi connectivity index (χ2v) is 8.41. The number of sulfone groups is 1. The van der Waals surface area contributed by atoms with E-state index in [2.05, 4.69) is 10.3 Å². The summed E-state index contributed by atoms with van der Waals surface area (Å²) < 4.78 is 38.3. The van der Waals surface area contributed by atoms with Gasteiger partial charge < -0.3 is 10.2 Å². The Bertz CT molecular complexity index is 853. The van der Waals surface area contributed by atoms with Crippen LogP contribution in [0.4, 0.5) is 4.39 Å². The summed E-state index contributed by atoms with van der Waals surface area (Å²) in [5, 5.41) is 3.23. The number of hydrogen-bond donors (Lipinski definition) is 1. The summed E-state index contributed by atoms with van der Waals surface area (Å²) in [5.41, 5.74) is 0.937. The quantitative estimate of drug-likeness (QED) is 0.582. The van der Waals surface area contributed by atoms with Crippen molar-refractivity contribution in [3.63, 3.8) is 0 Å². The summed E-state index contributed by atoms with van der Waals surface area (Å²) in [6.45, 7) is 2.47. The third-order valence-electron chi connectivity index (χ3n) is 4.26.